The monoisotopic (exact) mass is 253 g/mol. The van der Waals surface area contributed by atoms with E-state index in [2.05, 4.69) is 25.6 Å². The molecule has 0 amide bonds. The SMILES string of the molecule is C=CCCCCCC(C)(CCCCCC)CN=O. The number of unbranched alkanes of at least 4 members (excludes halogenated alkanes) is 6. The normalized spacial score (nSPS) is 14.1. The Morgan fingerprint density at radius 2 is 1.67 bits per heavy atom. The Morgan fingerprint density at radius 3 is 2.17 bits per heavy atom. The molecule has 0 radical (unpaired) electrons. The second kappa shape index (κ2) is 11.4. The molecule has 0 N–H and O–H groups in total. The molecule has 2 nitrogen and oxygen atoms in total. The topological polar surface area (TPSA) is 29.4 Å². The van der Waals surface area contributed by atoms with E-state index in [-0.39, 0.29) is 5.41 Å². The van der Waals surface area contributed by atoms with Crippen molar-refractivity contribution in [2.45, 2.75) is 78.1 Å². The van der Waals surface area contributed by atoms with Gasteiger partial charge in [0.25, 0.3) is 0 Å². The molecule has 0 aromatic heterocycles. The molecule has 0 aliphatic rings. The number of hydrogen-bond acceptors (Lipinski definition) is 2. The molecular weight excluding hydrogens is 222 g/mol. The van der Waals surface area contributed by atoms with Gasteiger partial charge in [0.05, 0.1) is 6.54 Å². The molecule has 0 aromatic rings. The first-order valence-electron chi connectivity index (χ1n) is 7.58. The summed E-state index contributed by atoms with van der Waals surface area (Å²) in [6, 6.07) is 0. The van der Waals surface area contributed by atoms with Crippen LogP contribution in [0.4, 0.5) is 0 Å². The van der Waals surface area contributed by atoms with Gasteiger partial charge in [0.15, 0.2) is 0 Å². The highest BCUT2D eigenvalue weighted by Gasteiger charge is 2.23. The van der Waals surface area contributed by atoms with Crippen molar-refractivity contribution in [3.05, 3.63) is 17.6 Å². The molecule has 1 atom stereocenters. The smallest absolute Gasteiger partial charge is 0.0864 e. The highest BCUT2D eigenvalue weighted by atomic mass is 16.3. The molecular formula is C16H31NO. The summed E-state index contributed by atoms with van der Waals surface area (Å²) in [5.74, 6) is 0. The van der Waals surface area contributed by atoms with Crippen molar-refractivity contribution in [1.82, 2.24) is 0 Å². The highest BCUT2D eigenvalue weighted by Crippen LogP contribution is 2.31. The Morgan fingerprint density at radius 1 is 1.06 bits per heavy atom. The summed E-state index contributed by atoms with van der Waals surface area (Å²) >= 11 is 0. The van der Waals surface area contributed by atoms with E-state index >= 15 is 0 Å². The molecule has 0 aromatic carbocycles. The van der Waals surface area contributed by atoms with Crippen LogP contribution >= 0.6 is 0 Å². The molecule has 0 aliphatic heterocycles. The molecule has 0 heterocycles. The highest BCUT2D eigenvalue weighted by molar-refractivity contribution is 4.77. The summed E-state index contributed by atoms with van der Waals surface area (Å²) in [4.78, 5) is 10.6. The van der Waals surface area contributed by atoms with Crippen LogP contribution in [-0.2, 0) is 0 Å². The Hall–Kier alpha value is -0.660. The fourth-order valence-electron chi connectivity index (χ4n) is 2.43. The molecule has 0 spiro atoms. The Kier molecular flexibility index (Phi) is 11.0. The van der Waals surface area contributed by atoms with E-state index in [1.165, 1.54) is 44.9 Å². The van der Waals surface area contributed by atoms with Crippen LogP contribution in [0.5, 0.6) is 0 Å². The quantitative estimate of drug-likeness (QED) is 0.229. The van der Waals surface area contributed by atoms with Gasteiger partial charge in [0.1, 0.15) is 0 Å². The Labute approximate surface area is 113 Å². The predicted octanol–water partition coefficient (Wildman–Crippen LogP) is 5.87. The molecule has 2 heteroatoms. The van der Waals surface area contributed by atoms with Gasteiger partial charge < -0.3 is 0 Å². The summed E-state index contributed by atoms with van der Waals surface area (Å²) < 4.78 is 0. The first kappa shape index (κ1) is 17.3. The Balaban J connectivity index is 3.84. The van der Waals surface area contributed by atoms with Crippen LogP contribution in [0.25, 0.3) is 0 Å². The van der Waals surface area contributed by atoms with Gasteiger partial charge in [-0.3, -0.25) is 0 Å². The molecule has 0 saturated heterocycles. The second-order valence-corrected chi connectivity index (χ2v) is 5.80. The minimum absolute atomic E-state index is 0.143. The summed E-state index contributed by atoms with van der Waals surface area (Å²) in [7, 11) is 0. The third-order valence-corrected chi connectivity index (χ3v) is 3.77. The van der Waals surface area contributed by atoms with Crippen LogP contribution in [0.15, 0.2) is 17.8 Å². The van der Waals surface area contributed by atoms with Crippen molar-refractivity contribution in [1.29, 1.82) is 0 Å². The minimum Gasteiger partial charge on any atom is -0.151 e. The van der Waals surface area contributed by atoms with Crippen molar-refractivity contribution in [2.75, 3.05) is 6.54 Å². The lowest BCUT2D eigenvalue weighted by atomic mass is 9.80. The van der Waals surface area contributed by atoms with Gasteiger partial charge in [-0.05, 0) is 31.1 Å². The summed E-state index contributed by atoms with van der Waals surface area (Å²) in [5.41, 5.74) is 0.143. The molecule has 0 bridgehead atoms. The van der Waals surface area contributed by atoms with Crippen molar-refractivity contribution >= 4 is 0 Å². The van der Waals surface area contributed by atoms with Gasteiger partial charge >= 0.3 is 0 Å². The number of nitrogens with zero attached hydrogens (tertiary/aromatic N) is 1. The summed E-state index contributed by atoms with van der Waals surface area (Å²) in [6.45, 7) is 8.68. The fraction of sp³-hybridized carbons (Fsp3) is 0.875. The van der Waals surface area contributed by atoms with Gasteiger partial charge in [0.2, 0.25) is 0 Å². The van der Waals surface area contributed by atoms with Crippen LogP contribution in [0.3, 0.4) is 0 Å². The standard InChI is InChI=1S/C16H31NO/c1-4-6-8-10-12-14-16(3,15-17-18)13-11-9-7-5-2/h4H,1,5-15H2,2-3H3. The molecule has 18 heavy (non-hydrogen) atoms. The zero-order valence-corrected chi connectivity index (χ0v) is 12.4. The lowest BCUT2D eigenvalue weighted by molar-refractivity contribution is 0.262. The van der Waals surface area contributed by atoms with Crippen molar-refractivity contribution < 1.29 is 0 Å². The third kappa shape index (κ3) is 9.38. The zero-order valence-electron chi connectivity index (χ0n) is 12.4. The van der Waals surface area contributed by atoms with E-state index in [0.29, 0.717) is 6.54 Å². The lowest BCUT2D eigenvalue weighted by Crippen LogP contribution is -2.20. The summed E-state index contributed by atoms with van der Waals surface area (Å²) in [6.07, 6.45) is 14.2. The average molecular weight is 253 g/mol. The number of rotatable bonds is 13. The van der Waals surface area contributed by atoms with Gasteiger partial charge in [0, 0.05) is 0 Å². The van der Waals surface area contributed by atoms with Crippen molar-refractivity contribution in [3.8, 4) is 0 Å². The number of allylic oxidation sites excluding steroid dienone is 1. The maximum absolute atomic E-state index is 10.6. The zero-order chi connectivity index (χ0) is 13.7. The fourth-order valence-corrected chi connectivity index (χ4v) is 2.43. The van der Waals surface area contributed by atoms with Crippen LogP contribution in [0.2, 0.25) is 0 Å². The lowest BCUT2D eigenvalue weighted by Gasteiger charge is -2.26. The van der Waals surface area contributed by atoms with Crippen LogP contribution in [0, 0.1) is 10.3 Å². The van der Waals surface area contributed by atoms with E-state index in [4.69, 9.17) is 0 Å². The molecule has 0 rings (SSSR count). The summed E-state index contributed by atoms with van der Waals surface area (Å²) in [5, 5.41) is 3.16. The third-order valence-electron chi connectivity index (χ3n) is 3.77. The minimum atomic E-state index is 0.143. The van der Waals surface area contributed by atoms with E-state index in [0.717, 1.165) is 19.3 Å². The molecule has 106 valence electrons. The molecule has 0 fully saturated rings. The van der Waals surface area contributed by atoms with Crippen molar-refractivity contribution in [2.24, 2.45) is 10.6 Å². The molecule has 1 unspecified atom stereocenters. The van der Waals surface area contributed by atoms with E-state index in [9.17, 15) is 4.91 Å². The van der Waals surface area contributed by atoms with Gasteiger partial charge in [-0.15, -0.1) is 6.58 Å². The van der Waals surface area contributed by atoms with Crippen LogP contribution in [-0.4, -0.2) is 6.54 Å². The average Bonchev–Trinajstić information content (AvgIpc) is 2.35. The maximum Gasteiger partial charge on any atom is 0.0864 e. The molecule has 0 saturated carbocycles. The first-order valence-corrected chi connectivity index (χ1v) is 7.58. The van der Waals surface area contributed by atoms with Crippen LogP contribution in [0.1, 0.15) is 78.1 Å². The van der Waals surface area contributed by atoms with E-state index in [1.807, 2.05) is 6.08 Å². The van der Waals surface area contributed by atoms with E-state index in [1.54, 1.807) is 0 Å². The van der Waals surface area contributed by atoms with Gasteiger partial charge in [-0.2, -0.15) is 4.91 Å². The first-order chi connectivity index (χ1) is 8.68. The Bertz CT molecular complexity index is 215. The number of hydrogen-bond donors (Lipinski definition) is 0. The largest absolute Gasteiger partial charge is 0.151 e. The van der Waals surface area contributed by atoms with E-state index < -0.39 is 0 Å². The second-order valence-electron chi connectivity index (χ2n) is 5.80. The van der Waals surface area contributed by atoms with Crippen LogP contribution < -0.4 is 0 Å². The molecule has 0 aliphatic carbocycles. The van der Waals surface area contributed by atoms with Gasteiger partial charge in [-0.1, -0.05) is 63.6 Å². The number of nitroso groups, excluding NO2 is 1. The van der Waals surface area contributed by atoms with Gasteiger partial charge in [-0.25, -0.2) is 0 Å². The predicted molar refractivity (Wildman–Crippen MR) is 80.8 cm³/mol. The van der Waals surface area contributed by atoms with Crippen molar-refractivity contribution in [3.63, 3.8) is 0 Å². The maximum atomic E-state index is 10.6.